The van der Waals surface area contributed by atoms with Gasteiger partial charge < -0.3 is 4.74 Å². The lowest BCUT2D eigenvalue weighted by atomic mass is 10.2. The Kier molecular flexibility index (Phi) is 5.55. The van der Waals surface area contributed by atoms with Crippen molar-refractivity contribution in [3.63, 3.8) is 0 Å². The molecule has 0 fully saturated rings. The standard InChI is InChI=1S/C24H18ClFN4O2S/c1-14-10-11-21(32-2)20(12-14)29-22(31)15-6-3-4-9-19(15)30-23(29)27-28-24(30)33-13-16-17(25)7-5-8-18(16)26/h3-12H,13H2,1-2H3. The van der Waals surface area contributed by atoms with Gasteiger partial charge in [-0.3, -0.25) is 9.20 Å². The van der Waals surface area contributed by atoms with Gasteiger partial charge in [0, 0.05) is 16.3 Å². The third kappa shape index (κ3) is 3.65. The highest BCUT2D eigenvalue weighted by Gasteiger charge is 2.20. The van der Waals surface area contributed by atoms with E-state index in [1.54, 1.807) is 29.7 Å². The van der Waals surface area contributed by atoms with Gasteiger partial charge >= 0.3 is 0 Å². The molecule has 0 N–H and O–H groups in total. The van der Waals surface area contributed by atoms with Crippen LogP contribution in [0.2, 0.25) is 5.02 Å². The Morgan fingerprint density at radius 3 is 2.70 bits per heavy atom. The van der Waals surface area contributed by atoms with Gasteiger partial charge in [-0.15, -0.1) is 10.2 Å². The Morgan fingerprint density at radius 1 is 1.09 bits per heavy atom. The number of thioether (sulfide) groups is 1. The normalized spacial score (nSPS) is 11.4. The predicted octanol–water partition coefficient (Wildman–Crippen LogP) is 5.44. The van der Waals surface area contributed by atoms with Crippen LogP contribution in [0.1, 0.15) is 11.1 Å². The van der Waals surface area contributed by atoms with Crippen molar-refractivity contribution in [2.45, 2.75) is 17.8 Å². The summed E-state index contributed by atoms with van der Waals surface area (Å²) in [6, 6.07) is 17.5. The Balaban J connectivity index is 1.75. The summed E-state index contributed by atoms with van der Waals surface area (Å²) >= 11 is 7.50. The maximum Gasteiger partial charge on any atom is 0.267 e. The number of aryl methyl sites for hydroxylation is 1. The Labute approximate surface area is 197 Å². The van der Waals surface area contributed by atoms with Gasteiger partial charge in [-0.25, -0.2) is 8.96 Å². The van der Waals surface area contributed by atoms with E-state index >= 15 is 0 Å². The maximum atomic E-state index is 14.3. The summed E-state index contributed by atoms with van der Waals surface area (Å²) in [6.45, 7) is 1.94. The SMILES string of the molecule is COc1ccc(C)cc1-n1c(=O)c2ccccc2n2c(SCc3c(F)cccc3Cl)nnc12. The highest BCUT2D eigenvalue weighted by atomic mass is 35.5. The van der Waals surface area contributed by atoms with E-state index in [-0.39, 0.29) is 17.1 Å². The van der Waals surface area contributed by atoms with Gasteiger partial charge in [0.05, 0.1) is 23.7 Å². The minimum absolute atomic E-state index is 0.233. The van der Waals surface area contributed by atoms with Crippen LogP contribution in [0.5, 0.6) is 5.75 Å². The quantitative estimate of drug-likeness (QED) is 0.314. The van der Waals surface area contributed by atoms with Gasteiger partial charge in [0.1, 0.15) is 11.6 Å². The minimum atomic E-state index is -0.380. The second-order valence-electron chi connectivity index (χ2n) is 7.44. The molecule has 5 aromatic rings. The summed E-state index contributed by atoms with van der Waals surface area (Å²) in [4.78, 5) is 13.6. The second-order valence-corrected chi connectivity index (χ2v) is 8.79. The third-order valence-corrected chi connectivity index (χ3v) is 6.69. The lowest BCUT2D eigenvalue weighted by Gasteiger charge is -2.14. The molecule has 0 saturated carbocycles. The molecule has 0 aliphatic carbocycles. The van der Waals surface area contributed by atoms with Crippen molar-refractivity contribution in [1.29, 1.82) is 0 Å². The van der Waals surface area contributed by atoms with Crippen molar-refractivity contribution in [3.05, 3.63) is 93.0 Å². The van der Waals surface area contributed by atoms with Crippen LogP contribution >= 0.6 is 23.4 Å². The van der Waals surface area contributed by atoms with Crippen molar-refractivity contribution >= 4 is 40.0 Å². The summed E-state index contributed by atoms with van der Waals surface area (Å²) in [7, 11) is 1.56. The van der Waals surface area contributed by atoms with E-state index in [0.29, 0.717) is 43.9 Å². The van der Waals surface area contributed by atoms with Crippen LogP contribution in [-0.2, 0) is 5.75 Å². The molecule has 2 heterocycles. The van der Waals surface area contributed by atoms with E-state index < -0.39 is 0 Å². The number of fused-ring (bicyclic) bond motifs is 3. The molecular weight excluding hydrogens is 463 g/mol. The number of halogens is 2. The van der Waals surface area contributed by atoms with Gasteiger partial charge in [0.2, 0.25) is 5.78 Å². The highest BCUT2D eigenvalue weighted by molar-refractivity contribution is 7.98. The van der Waals surface area contributed by atoms with Gasteiger partial charge in [-0.2, -0.15) is 0 Å². The zero-order valence-corrected chi connectivity index (χ0v) is 19.3. The van der Waals surface area contributed by atoms with Crippen LogP contribution < -0.4 is 10.3 Å². The van der Waals surface area contributed by atoms with Crippen LogP contribution in [0, 0.1) is 12.7 Å². The lowest BCUT2D eigenvalue weighted by Crippen LogP contribution is -2.22. The van der Waals surface area contributed by atoms with E-state index in [2.05, 4.69) is 10.2 Å². The molecule has 166 valence electrons. The maximum absolute atomic E-state index is 14.3. The number of hydrogen-bond donors (Lipinski definition) is 0. The molecule has 0 amide bonds. The third-order valence-electron chi connectivity index (χ3n) is 5.38. The topological polar surface area (TPSA) is 61.4 Å². The fourth-order valence-corrected chi connectivity index (χ4v) is 5.05. The van der Waals surface area contributed by atoms with Crippen molar-refractivity contribution in [1.82, 2.24) is 19.2 Å². The zero-order chi connectivity index (χ0) is 23.1. The van der Waals surface area contributed by atoms with E-state index in [4.69, 9.17) is 16.3 Å². The summed E-state index contributed by atoms with van der Waals surface area (Å²) < 4.78 is 23.1. The molecule has 0 atom stereocenters. The summed E-state index contributed by atoms with van der Waals surface area (Å²) in [6.07, 6.45) is 0. The zero-order valence-electron chi connectivity index (χ0n) is 17.8. The summed E-state index contributed by atoms with van der Waals surface area (Å²) in [5, 5.41) is 10.0. The van der Waals surface area contributed by atoms with Crippen LogP contribution in [0.3, 0.4) is 0 Å². The molecule has 33 heavy (non-hydrogen) atoms. The number of benzene rings is 3. The van der Waals surface area contributed by atoms with E-state index in [0.717, 1.165) is 5.56 Å². The minimum Gasteiger partial charge on any atom is -0.495 e. The number of ether oxygens (including phenoxy) is 1. The van der Waals surface area contributed by atoms with Gasteiger partial charge in [-0.1, -0.05) is 47.6 Å². The number of hydrogen-bond acceptors (Lipinski definition) is 5. The number of para-hydroxylation sites is 1. The first-order valence-electron chi connectivity index (χ1n) is 10.1. The molecule has 0 bridgehead atoms. The number of rotatable bonds is 5. The molecule has 0 unspecified atom stereocenters. The second kappa shape index (κ2) is 8.53. The smallest absolute Gasteiger partial charge is 0.267 e. The first kappa shape index (κ1) is 21.5. The molecule has 6 nitrogen and oxygen atoms in total. The van der Waals surface area contributed by atoms with E-state index in [1.165, 1.54) is 22.4 Å². The van der Waals surface area contributed by atoms with Gasteiger partial charge in [0.25, 0.3) is 5.56 Å². The average Bonchev–Trinajstić information content (AvgIpc) is 3.23. The van der Waals surface area contributed by atoms with E-state index in [1.807, 2.05) is 43.3 Å². The molecular formula is C24H18ClFN4O2S. The summed E-state index contributed by atoms with van der Waals surface area (Å²) in [5.74, 6) is 0.753. The van der Waals surface area contributed by atoms with Gasteiger partial charge in [0.15, 0.2) is 5.16 Å². The largest absolute Gasteiger partial charge is 0.495 e. The molecule has 0 saturated heterocycles. The van der Waals surface area contributed by atoms with Crippen LogP contribution in [-0.4, -0.2) is 26.3 Å². The average molecular weight is 481 g/mol. The van der Waals surface area contributed by atoms with Crippen LogP contribution in [0.4, 0.5) is 4.39 Å². The molecule has 9 heteroatoms. The predicted molar refractivity (Wildman–Crippen MR) is 128 cm³/mol. The molecule has 0 radical (unpaired) electrons. The molecule has 0 aliphatic heterocycles. The Hall–Kier alpha value is -3.36. The number of nitrogens with zero attached hydrogens (tertiary/aromatic N) is 4. The molecule has 0 spiro atoms. The van der Waals surface area contributed by atoms with E-state index in [9.17, 15) is 9.18 Å². The number of aromatic nitrogens is 4. The molecule has 5 rings (SSSR count). The lowest BCUT2D eigenvalue weighted by molar-refractivity contribution is 0.412. The molecule has 3 aromatic carbocycles. The summed E-state index contributed by atoms with van der Waals surface area (Å²) in [5.41, 5.74) is 2.35. The first-order valence-corrected chi connectivity index (χ1v) is 11.5. The Morgan fingerprint density at radius 2 is 1.91 bits per heavy atom. The fourth-order valence-electron chi connectivity index (χ4n) is 3.77. The van der Waals surface area contributed by atoms with Crippen molar-refractivity contribution in [3.8, 4) is 11.4 Å². The van der Waals surface area contributed by atoms with Crippen LogP contribution in [0.15, 0.2) is 70.6 Å². The van der Waals surface area contributed by atoms with Crippen molar-refractivity contribution < 1.29 is 9.13 Å². The van der Waals surface area contributed by atoms with Crippen molar-refractivity contribution in [2.24, 2.45) is 0 Å². The highest BCUT2D eigenvalue weighted by Crippen LogP contribution is 2.31. The number of methoxy groups -OCH3 is 1. The monoisotopic (exact) mass is 480 g/mol. The molecule has 2 aromatic heterocycles. The van der Waals surface area contributed by atoms with Gasteiger partial charge in [-0.05, 0) is 48.9 Å². The molecule has 0 aliphatic rings. The fraction of sp³-hybridized carbons (Fsp3) is 0.125. The Bertz CT molecular complexity index is 1560. The van der Waals surface area contributed by atoms with Crippen molar-refractivity contribution in [2.75, 3.05) is 7.11 Å². The first-order chi connectivity index (χ1) is 16.0. The van der Waals surface area contributed by atoms with Crippen LogP contribution in [0.25, 0.3) is 22.4 Å².